The lowest BCUT2D eigenvalue weighted by molar-refractivity contribution is 0.0699. The zero-order valence-corrected chi connectivity index (χ0v) is 12.5. The third-order valence-corrected chi connectivity index (χ3v) is 5.14. The van der Waals surface area contributed by atoms with E-state index in [1.807, 2.05) is 6.07 Å². The zero-order valence-electron chi connectivity index (χ0n) is 11.7. The van der Waals surface area contributed by atoms with E-state index < -0.39 is 16.0 Å². The van der Waals surface area contributed by atoms with Crippen LogP contribution in [-0.4, -0.2) is 23.5 Å². The summed E-state index contributed by atoms with van der Waals surface area (Å²) >= 11 is 0. The van der Waals surface area contributed by atoms with E-state index in [-0.39, 0.29) is 16.0 Å². The quantitative estimate of drug-likeness (QED) is 0.797. The molecular weight excluding hydrogens is 316 g/mol. The average Bonchev–Trinajstić information content (AvgIpc) is 2.95. The highest BCUT2D eigenvalue weighted by Crippen LogP contribution is 2.26. The topological polar surface area (TPSA) is 100 Å². The molecule has 0 aliphatic heterocycles. The molecule has 0 aliphatic rings. The average molecular weight is 326 g/mol. The highest BCUT2D eigenvalue weighted by molar-refractivity contribution is 7.90. The summed E-state index contributed by atoms with van der Waals surface area (Å²) in [6.07, 6.45) is 1.10. The molecule has 0 aliphatic carbocycles. The predicted octanol–water partition coefficient (Wildman–Crippen LogP) is 2.45. The maximum absolute atomic E-state index is 12.8. The second-order valence-electron chi connectivity index (χ2n) is 4.80. The molecule has 0 unspecified atom stereocenters. The van der Waals surface area contributed by atoms with E-state index in [9.17, 15) is 18.3 Å². The number of hydrogen-bond donors (Lipinski definition) is 1. The molecule has 7 heteroatoms. The second-order valence-corrected chi connectivity index (χ2v) is 6.62. The van der Waals surface area contributed by atoms with Crippen molar-refractivity contribution in [1.82, 2.24) is 3.97 Å². The first-order valence-electron chi connectivity index (χ1n) is 6.54. The Morgan fingerprint density at radius 2 is 1.74 bits per heavy atom. The van der Waals surface area contributed by atoms with Gasteiger partial charge in [0.1, 0.15) is 0 Å². The first-order valence-corrected chi connectivity index (χ1v) is 7.98. The van der Waals surface area contributed by atoms with Crippen molar-refractivity contribution in [3.63, 3.8) is 0 Å². The number of para-hydroxylation sites is 1. The van der Waals surface area contributed by atoms with Gasteiger partial charge >= 0.3 is 5.97 Å². The van der Waals surface area contributed by atoms with Gasteiger partial charge in [-0.2, -0.15) is 5.26 Å². The number of carbonyl (C=O) groups is 1. The van der Waals surface area contributed by atoms with Crippen molar-refractivity contribution in [2.45, 2.75) is 4.90 Å². The minimum Gasteiger partial charge on any atom is -0.478 e. The van der Waals surface area contributed by atoms with Crippen molar-refractivity contribution >= 4 is 26.9 Å². The summed E-state index contributed by atoms with van der Waals surface area (Å²) in [5.74, 6) is -1.20. The molecule has 3 aromatic rings. The number of nitrogens with zero attached hydrogens (tertiary/aromatic N) is 2. The molecule has 3 rings (SSSR count). The molecule has 0 radical (unpaired) electrons. The van der Waals surface area contributed by atoms with Gasteiger partial charge in [-0.1, -0.05) is 18.2 Å². The summed E-state index contributed by atoms with van der Waals surface area (Å²) in [5.41, 5.74) is 0.541. The van der Waals surface area contributed by atoms with Crippen LogP contribution in [0.15, 0.2) is 59.6 Å². The van der Waals surface area contributed by atoms with Crippen molar-refractivity contribution < 1.29 is 18.3 Å². The molecule has 1 aromatic heterocycles. The zero-order chi connectivity index (χ0) is 16.6. The van der Waals surface area contributed by atoms with Gasteiger partial charge in [-0.05, 0) is 30.3 Å². The summed E-state index contributed by atoms with van der Waals surface area (Å²) in [5, 5.41) is 18.4. The summed E-state index contributed by atoms with van der Waals surface area (Å²) in [7, 11) is -3.96. The number of rotatable bonds is 3. The number of aromatic nitrogens is 1. The number of fused-ring (bicyclic) bond motifs is 1. The van der Waals surface area contributed by atoms with Crippen LogP contribution < -0.4 is 0 Å². The molecule has 2 aromatic carbocycles. The smallest absolute Gasteiger partial charge is 0.337 e. The van der Waals surface area contributed by atoms with Gasteiger partial charge in [-0.25, -0.2) is 17.2 Å². The monoisotopic (exact) mass is 326 g/mol. The molecule has 6 nitrogen and oxygen atoms in total. The van der Waals surface area contributed by atoms with E-state index in [1.54, 1.807) is 24.3 Å². The van der Waals surface area contributed by atoms with Gasteiger partial charge < -0.3 is 5.11 Å². The van der Waals surface area contributed by atoms with Crippen LogP contribution in [0.2, 0.25) is 0 Å². The highest BCUT2D eigenvalue weighted by Gasteiger charge is 2.23. The van der Waals surface area contributed by atoms with Crippen molar-refractivity contribution in [3.05, 3.63) is 65.9 Å². The summed E-state index contributed by atoms with van der Waals surface area (Å²) < 4.78 is 26.5. The molecule has 1 heterocycles. The fraction of sp³-hybridized carbons (Fsp3) is 0. The Bertz CT molecular complexity index is 1060. The van der Waals surface area contributed by atoms with E-state index in [0.29, 0.717) is 10.9 Å². The lowest BCUT2D eigenvalue weighted by atomic mass is 10.2. The molecule has 0 spiro atoms. The summed E-state index contributed by atoms with van der Waals surface area (Å²) in [6, 6.07) is 13.7. The molecular formula is C16H10N2O4S. The SMILES string of the molecule is N#Cc1ccc(S(=O)(=O)n2cc(C(=O)O)c3ccccc32)cc1. The van der Waals surface area contributed by atoms with Gasteiger partial charge in [-0.15, -0.1) is 0 Å². The normalized spacial score (nSPS) is 11.3. The number of hydrogen-bond acceptors (Lipinski definition) is 4. The van der Waals surface area contributed by atoms with Crippen LogP contribution in [0.1, 0.15) is 15.9 Å². The Balaban J connectivity index is 2.26. The lowest BCUT2D eigenvalue weighted by Crippen LogP contribution is -2.12. The number of benzene rings is 2. The Kier molecular flexibility index (Phi) is 3.39. The van der Waals surface area contributed by atoms with Crippen LogP contribution >= 0.6 is 0 Å². The molecule has 0 saturated carbocycles. The minimum absolute atomic E-state index is 0.0193. The number of carboxylic acids is 1. The van der Waals surface area contributed by atoms with E-state index in [4.69, 9.17) is 5.26 Å². The third-order valence-electron chi connectivity index (χ3n) is 3.45. The molecule has 0 amide bonds. The van der Waals surface area contributed by atoms with Gasteiger partial charge in [0.05, 0.1) is 27.6 Å². The van der Waals surface area contributed by atoms with Crippen LogP contribution in [0.4, 0.5) is 0 Å². The third kappa shape index (κ3) is 2.35. The maximum Gasteiger partial charge on any atom is 0.337 e. The Morgan fingerprint density at radius 3 is 2.35 bits per heavy atom. The van der Waals surface area contributed by atoms with Gasteiger partial charge in [0.15, 0.2) is 0 Å². The molecule has 1 N–H and O–H groups in total. The van der Waals surface area contributed by atoms with Crippen LogP contribution in [0.3, 0.4) is 0 Å². The Labute approximate surface area is 131 Å². The minimum atomic E-state index is -3.96. The summed E-state index contributed by atoms with van der Waals surface area (Å²) in [6.45, 7) is 0. The van der Waals surface area contributed by atoms with E-state index in [2.05, 4.69) is 0 Å². The number of nitriles is 1. The molecule has 0 atom stereocenters. The number of aromatic carboxylic acids is 1. The maximum atomic E-state index is 12.8. The molecule has 0 bridgehead atoms. The predicted molar refractivity (Wildman–Crippen MR) is 82.6 cm³/mol. The molecule has 0 fully saturated rings. The van der Waals surface area contributed by atoms with Crippen molar-refractivity contribution in [2.75, 3.05) is 0 Å². The van der Waals surface area contributed by atoms with Crippen molar-refractivity contribution in [1.29, 1.82) is 5.26 Å². The van der Waals surface area contributed by atoms with Gasteiger partial charge in [-0.3, -0.25) is 0 Å². The fourth-order valence-electron chi connectivity index (χ4n) is 2.33. The fourth-order valence-corrected chi connectivity index (χ4v) is 3.70. The van der Waals surface area contributed by atoms with Crippen molar-refractivity contribution in [2.24, 2.45) is 0 Å². The molecule has 23 heavy (non-hydrogen) atoms. The van der Waals surface area contributed by atoms with E-state index in [0.717, 1.165) is 10.2 Å². The van der Waals surface area contributed by atoms with Gasteiger partial charge in [0, 0.05) is 11.6 Å². The first kappa shape index (κ1) is 14.8. The Morgan fingerprint density at radius 1 is 1.09 bits per heavy atom. The molecule has 114 valence electrons. The second kappa shape index (κ2) is 5.26. The molecule has 0 saturated heterocycles. The number of carboxylic acid groups (broad SMARTS) is 1. The largest absolute Gasteiger partial charge is 0.478 e. The van der Waals surface area contributed by atoms with Crippen LogP contribution in [0.5, 0.6) is 0 Å². The first-order chi connectivity index (χ1) is 10.9. The Hall–Kier alpha value is -3.11. The van der Waals surface area contributed by atoms with Crippen LogP contribution in [0.25, 0.3) is 10.9 Å². The van der Waals surface area contributed by atoms with Gasteiger partial charge in [0.2, 0.25) is 0 Å². The standard InChI is InChI=1S/C16H10N2O4S/c17-9-11-5-7-12(8-6-11)23(21,22)18-10-14(16(19)20)13-3-1-2-4-15(13)18/h1-8,10H,(H,19,20). The lowest BCUT2D eigenvalue weighted by Gasteiger charge is -2.07. The highest BCUT2D eigenvalue weighted by atomic mass is 32.2. The van der Waals surface area contributed by atoms with E-state index in [1.165, 1.54) is 24.3 Å². The van der Waals surface area contributed by atoms with Crippen LogP contribution in [-0.2, 0) is 10.0 Å². The van der Waals surface area contributed by atoms with E-state index >= 15 is 0 Å². The van der Waals surface area contributed by atoms with Gasteiger partial charge in [0.25, 0.3) is 10.0 Å². The summed E-state index contributed by atoms with van der Waals surface area (Å²) in [4.78, 5) is 11.3. The van der Waals surface area contributed by atoms with Crippen molar-refractivity contribution in [3.8, 4) is 6.07 Å². The van der Waals surface area contributed by atoms with Crippen LogP contribution in [0, 0.1) is 11.3 Å².